The minimum atomic E-state index is -0.00949. The Morgan fingerprint density at radius 3 is 2.71 bits per heavy atom. The van der Waals surface area contributed by atoms with Crippen molar-refractivity contribution in [3.8, 4) is 0 Å². The molecule has 0 aromatic carbocycles. The average Bonchev–Trinajstić information content (AvgIpc) is 3.54. The van der Waals surface area contributed by atoms with Crippen molar-refractivity contribution < 1.29 is 9.21 Å². The first-order valence-corrected chi connectivity index (χ1v) is 14.4. The normalized spacial score (nSPS) is 29.1. The fourth-order valence-electron chi connectivity index (χ4n) is 7.38. The molecule has 0 aliphatic heterocycles. The van der Waals surface area contributed by atoms with Crippen LogP contribution in [0.1, 0.15) is 54.7 Å². The number of furan rings is 1. The van der Waals surface area contributed by atoms with E-state index >= 15 is 0 Å². The molecule has 5 aliphatic carbocycles. The van der Waals surface area contributed by atoms with Gasteiger partial charge in [-0.25, -0.2) is 4.98 Å². The fourth-order valence-corrected chi connectivity index (χ4v) is 9.50. The molecule has 3 heterocycles. The summed E-state index contributed by atoms with van der Waals surface area (Å²) in [7, 11) is 0. The molecule has 0 unspecified atom stereocenters. The van der Waals surface area contributed by atoms with E-state index in [1.165, 1.54) is 54.3 Å². The molecule has 1 N–H and O–H groups in total. The van der Waals surface area contributed by atoms with E-state index in [-0.39, 0.29) is 17.2 Å². The molecule has 8 heteroatoms. The molecule has 0 radical (unpaired) electrons. The zero-order chi connectivity index (χ0) is 22.8. The number of carbonyl (C=O) groups excluding carboxylic acids is 1. The lowest BCUT2D eigenvalue weighted by Gasteiger charge is -2.54. The van der Waals surface area contributed by atoms with Gasteiger partial charge in [-0.3, -0.25) is 14.2 Å². The molecular weight excluding hydrogens is 466 g/mol. The summed E-state index contributed by atoms with van der Waals surface area (Å²) in [6, 6.07) is 4.05. The van der Waals surface area contributed by atoms with Crippen LogP contribution < -0.4 is 10.9 Å². The molecule has 0 saturated heterocycles. The third-order valence-corrected chi connectivity index (χ3v) is 10.7. The second-order valence-corrected chi connectivity index (χ2v) is 12.7. The zero-order valence-corrected chi connectivity index (χ0v) is 20.8. The topological polar surface area (TPSA) is 77.1 Å². The first kappa shape index (κ1) is 21.2. The van der Waals surface area contributed by atoms with E-state index in [4.69, 9.17) is 9.40 Å². The standard InChI is InChI=1S/C26H29N3O3S2/c30-21(27-23-16-8-14-7-15(10-16)11-17(23)9-14)13-33-26-28-24-22(19-4-1-5-20(19)34-24)25(31)29(26)12-18-3-2-6-32-18/h2-3,6,14-17,23H,1,4-5,7-13H2,(H,27,30). The third-order valence-electron chi connectivity index (χ3n) is 8.57. The summed E-state index contributed by atoms with van der Waals surface area (Å²) in [5.74, 6) is 4.17. The number of hydrogen-bond donors (Lipinski definition) is 1. The number of nitrogens with zero attached hydrogens (tertiary/aromatic N) is 2. The van der Waals surface area contributed by atoms with Crippen molar-refractivity contribution in [1.82, 2.24) is 14.9 Å². The number of carbonyl (C=O) groups is 1. The number of rotatable bonds is 6. The molecule has 6 nitrogen and oxygen atoms in total. The predicted molar refractivity (Wildman–Crippen MR) is 133 cm³/mol. The maximum absolute atomic E-state index is 13.6. The van der Waals surface area contributed by atoms with Crippen molar-refractivity contribution in [2.45, 2.75) is 69.1 Å². The lowest BCUT2D eigenvalue weighted by atomic mass is 9.54. The van der Waals surface area contributed by atoms with Gasteiger partial charge < -0.3 is 9.73 Å². The first-order valence-electron chi connectivity index (χ1n) is 12.6. The summed E-state index contributed by atoms with van der Waals surface area (Å²) in [4.78, 5) is 33.6. The molecule has 178 valence electrons. The van der Waals surface area contributed by atoms with Crippen molar-refractivity contribution in [2.75, 3.05) is 5.75 Å². The largest absolute Gasteiger partial charge is 0.467 e. The Morgan fingerprint density at radius 1 is 1.18 bits per heavy atom. The Hall–Kier alpha value is -2.06. The highest BCUT2D eigenvalue weighted by Crippen LogP contribution is 2.53. The number of fused-ring (bicyclic) bond motifs is 3. The summed E-state index contributed by atoms with van der Waals surface area (Å²) in [6.45, 7) is 0.332. The maximum Gasteiger partial charge on any atom is 0.263 e. The molecule has 5 aliphatic rings. The van der Waals surface area contributed by atoms with Crippen LogP contribution in [0.3, 0.4) is 0 Å². The van der Waals surface area contributed by atoms with Crippen LogP contribution >= 0.6 is 23.1 Å². The van der Waals surface area contributed by atoms with Crippen LogP contribution in [0.2, 0.25) is 0 Å². The van der Waals surface area contributed by atoms with Crippen LogP contribution in [0.25, 0.3) is 10.2 Å². The van der Waals surface area contributed by atoms with Crippen LogP contribution in [-0.2, 0) is 24.2 Å². The van der Waals surface area contributed by atoms with E-state index in [9.17, 15) is 9.59 Å². The SMILES string of the molecule is O=C(CSc1nc2sc3c(c2c(=O)n1Cc1ccco1)CCC3)NC1C2CC3CC(C2)CC1C3. The van der Waals surface area contributed by atoms with Gasteiger partial charge in [0.05, 0.1) is 23.9 Å². The molecule has 3 aromatic rings. The van der Waals surface area contributed by atoms with E-state index in [1.54, 1.807) is 22.2 Å². The second kappa shape index (κ2) is 8.26. The Morgan fingerprint density at radius 2 is 1.97 bits per heavy atom. The van der Waals surface area contributed by atoms with Crippen molar-refractivity contribution in [3.63, 3.8) is 0 Å². The van der Waals surface area contributed by atoms with Crippen LogP contribution in [0.4, 0.5) is 0 Å². The lowest BCUT2D eigenvalue weighted by molar-refractivity contribution is -0.122. The third kappa shape index (κ3) is 3.56. The van der Waals surface area contributed by atoms with Gasteiger partial charge in [0, 0.05) is 10.9 Å². The van der Waals surface area contributed by atoms with Gasteiger partial charge in [-0.15, -0.1) is 11.3 Å². The van der Waals surface area contributed by atoms with Gasteiger partial charge in [0.25, 0.3) is 5.56 Å². The number of amides is 1. The lowest BCUT2D eigenvalue weighted by Crippen LogP contribution is -2.56. The molecule has 8 rings (SSSR count). The van der Waals surface area contributed by atoms with E-state index in [2.05, 4.69) is 5.32 Å². The van der Waals surface area contributed by atoms with Crippen LogP contribution in [0.5, 0.6) is 0 Å². The van der Waals surface area contributed by atoms with Crippen molar-refractivity contribution in [2.24, 2.45) is 23.7 Å². The minimum absolute atomic E-state index is 0.00949. The number of thioether (sulfide) groups is 1. The van der Waals surface area contributed by atoms with Gasteiger partial charge in [0.15, 0.2) is 5.16 Å². The molecule has 4 bridgehead atoms. The summed E-state index contributed by atoms with van der Waals surface area (Å²) in [6.07, 6.45) is 11.3. The monoisotopic (exact) mass is 495 g/mol. The van der Waals surface area contributed by atoms with E-state index in [0.29, 0.717) is 29.6 Å². The molecule has 0 atom stereocenters. The number of aromatic nitrogens is 2. The smallest absolute Gasteiger partial charge is 0.263 e. The maximum atomic E-state index is 13.6. The Labute approximate surface area is 206 Å². The highest BCUT2D eigenvalue weighted by atomic mass is 32.2. The molecule has 3 aromatic heterocycles. The quantitative estimate of drug-likeness (QED) is 0.399. The highest BCUT2D eigenvalue weighted by molar-refractivity contribution is 7.99. The summed E-state index contributed by atoms with van der Waals surface area (Å²) < 4.78 is 7.24. The van der Waals surface area contributed by atoms with Gasteiger partial charge in [0.1, 0.15) is 10.6 Å². The van der Waals surface area contributed by atoms with Crippen LogP contribution in [-0.4, -0.2) is 27.3 Å². The first-order chi connectivity index (χ1) is 16.6. The Bertz CT molecular complexity index is 1280. The van der Waals surface area contributed by atoms with Crippen molar-refractivity contribution in [3.05, 3.63) is 45.0 Å². The van der Waals surface area contributed by atoms with E-state index in [1.807, 2.05) is 12.1 Å². The van der Waals surface area contributed by atoms with E-state index in [0.717, 1.165) is 47.1 Å². The second-order valence-electron chi connectivity index (χ2n) is 10.7. The van der Waals surface area contributed by atoms with Gasteiger partial charge in [-0.1, -0.05) is 11.8 Å². The van der Waals surface area contributed by atoms with Gasteiger partial charge in [0.2, 0.25) is 5.91 Å². The van der Waals surface area contributed by atoms with Crippen LogP contribution in [0.15, 0.2) is 32.8 Å². The van der Waals surface area contributed by atoms with Crippen LogP contribution in [0, 0.1) is 23.7 Å². The fraction of sp³-hybridized carbons (Fsp3) is 0.577. The van der Waals surface area contributed by atoms with Crippen molar-refractivity contribution in [1.29, 1.82) is 0 Å². The molecular formula is C26H29N3O3S2. The number of thiophene rings is 1. The number of nitrogens with one attached hydrogen (secondary N) is 1. The molecule has 4 saturated carbocycles. The summed E-state index contributed by atoms with van der Waals surface area (Å²) >= 11 is 3.03. The molecule has 34 heavy (non-hydrogen) atoms. The summed E-state index contributed by atoms with van der Waals surface area (Å²) in [5.41, 5.74) is 1.17. The Balaban J connectivity index is 1.14. The van der Waals surface area contributed by atoms with E-state index < -0.39 is 0 Å². The number of aryl methyl sites for hydroxylation is 2. The number of hydrogen-bond acceptors (Lipinski definition) is 6. The summed E-state index contributed by atoms with van der Waals surface area (Å²) in [5, 5.41) is 4.77. The highest BCUT2D eigenvalue weighted by Gasteiger charge is 2.48. The van der Waals surface area contributed by atoms with Crippen molar-refractivity contribution >= 4 is 39.2 Å². The predicted octanol–water partition coefficient (Wildman–Crippen LogP) is 4.62. The minimum Gasteiger partial charge on any atom is -0.467 e. The molecule has 4 fully saturated rings. The molecule has 0 spiro atoms. The average molecular weight is 496 g/mol. The Kier molecular flexibility index (Phi) is 5.16. The molecule has 1 amide bonds. The van der Waals surface area contributed by atoms with Gasteiger partial charge in [-0.2, -0.15) is 0 Å². The zero-order valence-electron chi connectivity index (χ0n) is 19.1. The van der Waals surface area contributed by atoms with Gasteiger partial charge >= 0.3 is 0 Å². The van der Waals surface area contributed by atoms with Gasteiger partial charge in [-0.05, 0) is 92.7 Å².